The molecule has 1 aliphatic rings. The van der Waals surface area contributed by atoms with Crippen molar-refractivity contribution < 1.29 is 96.0 Å². The van der Waals surface area contributed by atoms with Gasteiger partial charge in [-0.25, -0.2) is 0 Å². The van der Waals surface area contributed by atoms with Gasteiger partial charge in [0.05, 0.1) is 85.6 Å². The first kappa shape index (κ1) is 52.6. The number of hydrogen-bond acceptors (Lipinski definition) is 14. The number of carboxylic acids is 4. The maximum atomic E-state index is 12.0. The zero-order valence-corrected chi connectivity index (χ0v) is 36.5. The maximum Gasteiger partial charge on any atom is 0.317 e. The minimum absolute atomic E-state index is 0. The van der Waals surface area contributed by atoms with E-state index in [2.05, 4.69) is 10.6 Å². The number of carboxylic acid groups (broad SMARTS) is 4. The monoisotopic (exact) mass is 905 g/mol. The number of anilines is 1. The van der Waals surface area contributed by atoms with Crippen LogP contribution in [0.3, 0.4) is 0 Å². The van der Waals surface area contributed by atoms with Gasteiger partial charge in [-0.1, -0.05) is 12.1 Å². The molecule has 1 atom stereocenters. The molecule has 1 aromatic rings. The summed E-state index contributed by atoms with van der Waals surface area (Å²) in [7, 11) is 0. The average Bonchev–Trinajstić information content (AvgIpc) is 3.13. The van der Waals surface area contributed by atoms with Crippen molar-refractivity contribution in [3.63, 3.8) is 0 Å². The second-order valence-electron chi connectivity index (χ2n) is 12.9. The Morgan fingerprint density at radius 2 is 1.05 bits per heavy atom. The van der Waals surface area contributed by atoms with Crippen molar-refractivity contribution in [3.8, 4) is 0 Å². The van der Waals surface area contributed by atoms with Gasteiger partial charge in [0.25, 0.3) is 0 Å². The summed E-state index contributed by atoms with van der Waals surface area (Å²) < 4.78 is 27.1. The number of hydrogen-bond donors (Lipinski definition) is 6. The molecule has 321 valence electrons. The summed E-state index contributed by atoms with van der Waals surface area (Å²) in [6.45, 7) is 7.69. The summed E-state index contributed by atoms with van der Waals surface area (Å²) >= 11 is 5.42. The van der Waals surface area contributed by atoms with Crippen molar-refractivity contribution in [1.29, 1.82) is 0 Å². The van der Waals surface area contributed by atoms with Crippen LogP contribution in [0.15, 0.2) is 24.3 Å². The SMILES string of the molecule is CCOCCOCCOCCOCCOCCNC(=S)Nc1ccc(CC2CN(CC(=O)O)CCN(CC(=O)O)CCN(CC(=O)O)CCN2CC(=O)O)cc1.[Y]. The van der Waals surface area contributed by atoms with Gasteiger partial charge in [-0.15, -0.1) is 0 Å². The van der Waals surface area contributed by atoms with Crippen LogP contribution in [0.4, 0.5) is 5.69 Å². The first-order valence-corrected chi connectivity index (χ1v) is 19.2. The summed E-state index contributed by atoms with van der Waals surface area (Å²) in [5.74, 6) is -4.25. The van der Waals surface area contributed by atoms with Crippen molar-refractivity contribution in [1.82, 2.24) is 24.9 Å². The van der Waals surface area contributed by atoms with Crippen LogP contribution in [-0.4, -0.2) is 220 Å². The number of rotatable bonds is 27. The number of benzene rings is 1. The van der Waals surface area contributed by atoms with Crippen molar-refractivity contribution >= 4 is 46.9 Å². The minimum Gasteiger partial charge on any atom is -0.480 e. The largest absolute Gasteiger partial charge is 0.480 e. The molecule has 0 amide bonds. The number of thiocarbonyl (C=S) groups is 1. The Hall–Kier alpha value is -2.47. The van der Waals surface area contributed by atoms with Gasteiger partial charge in [-0.2, -0.15) is 0 Å². The molecule has 1 radical (unpaired) electrons. The Morgan fingerprint density at radius 3 is 1.53 bits per heavy atom. The molecular formula is C36H60N6O13SY. The molecule has 1 saturated heterocycles. The summed E-state index contributed by atoms with van der Waals surface area (Å²) in [6.07, 6.45) is 0.364. The van der Waals surface area contributed by atoms with E-state index in [-0.39, 0.29) is 105 Å². The van der Waals surface area contributed by atoms with Crippen molar-refractivity contribution in [2.75, 3.05) is 150 Å². The summed E-state index contributed by atoms with van der Waals surface area (Å²) in [6, 6.07) is 6.95. The molecule has 2 rings (SSSR count). The van der Waals surface area contributed by atoms with Gasteiger partial charge in [0, 0.05) is 103 Å². The van der Waals surface area contributed by atoms with Crippen molar-refractivity contribution in [2.45, 2.75) is 19.4 Å². The number of nitrogens with one attached hydrogen (secondary N) is 2. The van der Waals surface area contributed by atoms with E-state index in [4.69, 9.17) is 35.9 Å². The smallest absolute Gasteiger partial charge is 0.317 e. The quantitative estimate of drug-likeness (QED) is 0.0485. The summed E-state index contributed by atoms with van der Waals surface area (Å²) in [4.78, 5) is 53.8. The number of carbonyl (C=O) groups is 4. The van der Waals surface area contributed by atoms with Crippen LogP contribution in [0.1, 0.15) is 12.5 Å². The summed E-state index contributed by atoms with van der Waals surface area (Å²) in [5, 5.41) is 45.1. The molecule has 19 nitrogen and oxygen atoms in total. The topological polar surface area (TPSA) is 232 Å². The molecule has 1 aromatic carbocycles. The van der Waals surface area contributed by atoms with E-state index >= 15 is 0 Å². The van der Waals surface area contributed by atoms with Crippen LogP contribution in [0.25, 0.3) is 0 Å². The van der Waals surface area contributed by atoms with Crippen LogP contribution >= 0.6 is 12.2 Å². The van der Waals surface area contributed by atoms with Gasteiger partial charge >= 0.3 is 23.9 Å². The third-order valence-electron chi connectivity index (χ3n) is 8.48. The number of nitrogens with zero attached hydrogens (tertiary/aromatic N) is 4. The Morgan fingerprint density at radius 1 is 0.632 bits per heavy atom. The molecule has 6 N–H and O–H groups in total. The molecular weight excluding hydrogens is 845 g/mol. The average molecular weight is 906 g/mol. The maximum absolute atomic E-state index is 12.0. The Labute approximate surface area is 365 Å². The molecule has 0 aliphatic carbocycles. The van der Waals surface area contributed by atoms with Crippen LogP contribution < -0.4 is 10.6 Å². The van der Waals surface area contributed by atoms with Crippen molar-refractivity contribution in [3.05, 3.63) is 29.8 Å². The predicted molar refractivity (Wildman–Crippen MR) is 209 cm³/mol. The van der Waals surface area contributed by atoms with Crippen LogP contribution in [0.2, 0.25) is 0 Å². The fraction of sp³-hybridized carbons (Fsp3) is 0.694. The van der Waals surface area contributed by atoms with E-state index in [0.717, 1.165) is 11.3 Å². The van der Waals surface area contributed by atoms with Crippen LogP contribution in [0.5, 0.6) is 0 Å². The molecule has 0 bridgehead atoms. The van der Waals surface area contributed by atoms with E-state index < -0.39 is 29.9 Å². The second-order valence-corrected chi connectivity index (χ2v) is 13.3. The predicted octanol–water partition coefficient (Wildman–Crippen LogP) is -0.455. The van der Waals surface area contributed by atoms with Gasteiger partial charge < -0.3 is 54.7 Å². The second kappa shape index (κ2) is 32.4. The van der Waals surface area contributed by atoms with Gasteiger partial charge in [0.2, 0.25) is 0 Å². The first-order valence-electron chi connectivity index (χ1n) is 18.8. The number of aliphatic carboxylic acids is 4. The molecule has 0 saturated carbocycles. The van der Waals surface area contributed by atoms with E-state index in [0.29, 0.717) is 84.1 Å². The zero-order valence-electron chi connectivity index (χ0n) is 32.9. The molecule has 0 spiro atoms. The fourth-order valence-corrected chi connectivity index (χ4v) is 6.01. The molecule has 57 heavy (non-hydrogen) atoms. The molecule has 0 aromatic heterocycles. The van der Waals surface area contributed by atoms with E-state index in [1.165, 1.54) is 0 Å². The van der Waals surface area contributed by atoms with E-state index in [1.807, 2.05) is 31.2 Å². The van der Waals surface area contributed by atoms with Crippen LogP contribution in [-0.2, 0) is 82.0 Å². The Bertz CT molecular complexity index is 1310. The van der Waals surface area contributed by atoms with Gasteiger partial charge in [0.1, 0.15) is 0 Å². The van der Waals surface area contributed by atoms with Gasteiger partial charge in [-0.3, -0.25) is 38.8 Å². The molecule has 1 heterocycles. The van der Waals surface area contributed by atoms with Crippen molar-refractivity contribution in [2.24, 2.45) is 0 Å². The fourth-order valence-electron chi connectivity index (χ4n) is 5.79. The summed E-state index contributed by atoms with van der Waals surface area (Å²) in [5.41, 5.74) is 1.58. The van der Waals surface area contributed by atoms with E-state index in [1.54, 1.807) is 19.6 Å². The molecule has 1 aliphatic heterocycles. The third-order valence-corrected chi connectivity index (χ3v) is 8.72. The first-order chi connectivity index (χ1) is 26.9. The molecule has 1 unspecified atom stereocenters. The Balaban J connectivity index is 0.0000162. The van der Waals surface area contributed by atoms with E-state index in [9.17, 15) is 39.6 Å². The minimum atomic E-state index is -1.07. The van der Waals surface area contributed by atoms with Gasteiger partial charge in [0.15, 0.2) is 5.11 Å². The van der Waals surface area contributed by atoms with Crippen LogP contribution in [0, 0.1) is 0 Å². The standard InChI is InChI=1S/C36H60N6O13S.Y/c1-2-51-15-16-53-19-20-55-22-21-54-18-17-52-14-7-37-36(56)38-30-5-3-29(4-6-30)23-31-24-41(27-34(47)48)11-10-39(25-32(43)44)8-9-40(26-33(45)46)12-13-42(31)28-35(49)50;/h3-6,31H,2,7-28H2,1H3,(H,43,44)(H,45,46)(H,47,48)(H,49,50)(H2,37,38,56);. The van der Waals surface area contributed by atoms with Gasteiger partial charge in [-0.05, 0) is 43.3 Å². The molecule has 21 heteroatoms. The normalized spacial score (nSPS) is 16.5. The molecule has 1 fully saturated rings. The Kier molecular flexibility index (Phi) is 29.9. The zero-order chi connectivity index (χ0) is 41.0. The third kappa shape index (κ3) is 27.0. The number of ether oxygens (including phenoxy) is 5.